The van der Waals surface area contributed by atoms with Crippen LogP contribution in [-0.4, -0.2) is 15.1 Å². The summed E-state index contributed by atoms with van der Waals surface area (Å²) in [6.45, 7) is 2.69. The average Bonchev–Trinajstić information content (AvgIpc) is 3.05. The van der Waals surface area contributed by atoms with Gasteiger partial charge in [-0.25, -0.2) is 4.98 Å². The third kappa shape index (κ3) is 3.66. The van der Waals surface area contributed by atoms with Crippen molar-refractivity contribution in [2.24, 2.45) is 5.73 Å². The molecular weight excluding hydrogens is 256 g/mol. The van der Waals surface area contributed by atoms with Gasteiger partial charge in [-0.3, -0.25) is 0 Å². The maximum atomic E-state index is 8.86. The number of aromatic nitrogens is 2. The molecule has 100 valence electrons. The van der Waals surface area contributed by atoms with E-state index in [4.69, 9.17) is 11.0 Å². The fourth-order valence-electron chi connectivity index (χ4n) is 1.95. The number of hydrogen-bond acceptors (Lipinski definition) is 4. The van der Waals surface area contributed by atoms with Crippen LogP contribution in [0, 0.1) is 11.3 Å². The van der Waals surface area contributed by atoms with Crippen LogP contribution in [0.1, 0.15) is 26.2 Å². The van der Waals surface area contributed by atoms with Crippen molar-refractivity contribution in [2.75, 3.05) is 0 Å². The zero-order valence-electron chi connectivity index (χ0n) is 11.0. The van der Waals surface area contributed by atoms with Crippen LogP contribution in [0.2, 0.25) is 0 Å². The lowest BCUT2D eigenvalue weighted by molar-refractivity contribution is 0.488. The molecule has 0 aliphatic carbocycles. The second-order valence-electron chi connectivity index (χ2n) is 4.91. The molecule has 0 aliphatic rings. The quantitative estimate of drug-likeness (QED) is 0.823. The predicted octanol–water partition coefficient (Wildman–Crippen LogP) is 3.02. The molecule has 0 bridgehead atoms. The van der Waals surface area contributed by atoms with Gasteiger partial charge in [0.05, 0.1) is 10.9 Å². The molecule has 5 heteroatoms. The summed E-state index contributed by atoms with van der Waals surface area (Å²) in [5, 5.41) is 10.9. The highest BCUT2D eigenvalue weighted by Crippen LogP contribution is 2.23. The summed E-state index contributed by atoms with van der Waals surface area (Å²) < 4.78 is 2.16. The molecule has 2 rings (SSSR count). The van der Waals surface area contributed by atoms with Gasteiger partial charge in [0.25, 0.3) is 0 Å². The molecule has 4 nitrogen and oxygen atoms in total. The number of hydrogen-bond donors (Lipinski definition) is 1. The van der Waals surface area contributed by atoms with E-state index >= 15 is 0 Å². The highest BCUT2D eigenvalue weighted by atomic mass is 32.1. The fourth-order valence-corrected chi connectivity index (χ4v) is 2.69. The van der Waals surface area contributed by atoms with E-state index in [0.717, 1.165) is 31.6 Å². The number of nitrogens with two attached hydrogens (primary N) is 1. The van der Waals surface area contributed by atoms with Crippen LogP contribution >= 0.6 is 11.3 Å². The van der Waals surface area contributed by atoms with E-state index in [1.165, 1.54) is 4.88 Å². The van der Waals surface area contributed by atoms with E-state index in [0.29, 0.717) is 0 Å². The highest BCUT2D eigenvalue weighted by Gasteiger charge is 2.16. The van der Waals surface area contributed by atoms with Gasteiger partial charge in [-0.1, -0.05) is 6.07 Å². The van der Waals surface area contributed by atoms with Gasteiger partial charge in [0.15, 0.2) is 0 Å². The van der Waals surface area contributed by atoms with Crippen LogP contribution in [0.4, 0.5) is 0 Å². The maximum absolute atomic E-state index is 8.86. The zero-order valence-corrected chi connectivity index (χ0v) is 11.9. The Morgan fingerprint density at radius 3 is 3.05 bits per heavy atom. The Hall–Kier alpha value is -1.64. The Morgan fingerprint density at radius 2 is 2.37 bits per heavy atom. The lowest BCUT2D eigenvalue weighted by Gasteiger charge is -2.14. The van der Waals surface area contributed by atoms with Crippen molar-refractivity contribution < 1.29 is 0 Å². The SMILES string of the molecule is CC(N)(C#N)CCCCn1ccnc1-c1cccs1. The molecule has 19 heavy (non-hydrogen) atoms. The highest BCUT2D eigenvalue weighted by molar-refractivity contribution is 7.13. The molecule has 1 atom stereocenters. The molecule has 0 spiro atoms. The summed E-state index contributed by atoms with van der Waals surface area (Å²) in [7, 11) is 0. The first-order chi connectivity index (χ1) is 9.12. The number of unbranched alkanes of at least 4 members (excludes halogenated alkanes) is 1. The first-order valence-electron chi connectivity index (χ1n) is 6.37. The Bertz CT molecular complexity index is 548. The van der Waals surface area contributed by atoms with Crippen molar-refractivity contribution in [1.29, 1.82) is 5.26 Å². The topological polar surface area (TPSA) is 67.6 Å². The smallest absolute Gasteiger partial charge is 0.149 e. The summed E-state index contributed by atoms with van der Waals surface area (Å²) in [6, 6.07) is 6.24. The standard InChI is InChI=1S/C14H18N4S/c1-14(16,11-15)6-2-3-8-18-9-7-17-13(18)12-5-4-10-19-12/h4-5,7,9-10H,2-3,6,8,16H2,1H3. The zero-order chi connectivity index (χ0) is 13.7. The summed E-state index contributed by atoms with van der Waals surface area (Å²) in [6.07, 6.45) is 6.51. The lowest BCUT2D eigenvalue weighted by atomic mass is 9.98. The van der Waals surface area contributed by atoms with E-state index in [2.05, 4.69) is 27.1 Å². The van der Waals surface area contributed by atoms with Crippen LogP contribution in [0.15, 0.2) is 29.9 Å². The van der Waals surface area contributed by atoms with E-state index in [-0.39, 0.29) is 0 Å². The number of nitrogens with zero attached hydrogens (tertiary/aromatic N) is 3. The summed E-state index contributed by atoms with van der Waals surface area (Å²) in [5.41, 5.74) is 5.10. The molecule has 0 saturated heterocycles. The monoisotopic (exact) mass is 274 g/mol. The molecule has 0 radical (unpaired) electrons. The Kier molecular flexibility index (Phi) is 4.35. The lowest BCUT2D eigenvalue weighted by Crippen LogP contribution is -2.33. The normalized spacial score (nSPS) is 13.9. The molecule has 0 aliphatic heterocycles. The minimum Gasteiger partial charge on any atom is -0.330 e. The van der Waals surface area contributed by atoms with Crippen molar-refractivity contribution >= 4 is 11.3 Å². The van der Waals surface area contributed by atoms with E-state index in [1.54, 1.807) is 18.3 Å². The second kappa shape index (κ2) is 6.00. The summed E-state index contributed by atoms with van der Waals surface area (Å²) in [4.78, 5) is 5.58. The first-order valence-corrected chi connectivity index (χ1v) is 7.25. The van der Waals surface area contributed by atoms with Gasteiger partial charge in [-0.05, 0) is 37.6 Å². The summed E-state index contributed by atoms with van der Waals surface area (Å²) in [5.74, 6) is 1.02. The number of rotatable bonds is 6. The Balaban J connectivity index is 1.88. The Morgan fingerprint density at radius 1 is 1.53 bits per heavy atom. The predicted molar refractivity (Wildman–Crippen MR) is 77.6 cm³/mol. The third-order valence-corrected chi connectivity index (χ3v) is 3.92. The molecule has 1 unspecified atom stereocenters. The van der Waals surface area contributed by atoms with Gasteiger partial charge in [-0.15, -0.1) is 11.3 Å². The number of aryl methyl sites for hydroxylation is 1. The maximum Gasteiger partial charge on any atom is 0.149 e. The fraction of sp³-hybridized carbons (Fsp3) is 0.429. The molecule has 2 N–H and O–H groups in total. The molecule has 0 fully saturated rings. The summed E-state index contributed by atoms with van der Waals surface area (Å²) >= 11 is 1.70. The van der Waals surface area contributed by atoms with Gasteiger partial charge in [-0.2, -0.15) is 5.26 Å². The van der Waals surface area contributed by atoms with Crippen molar-refractivity contribution in [3.63, 3.8) is 0 Å². The van der Waals surface area contributed by atoms with Crippen LogP contribution in [-0.2, 0) is 6.54 Å². The Labute approximate surface area is 117 Å². The molecular formula is C14H18N4S. The van der Waals surface area contributed by atoms with E-state index < -0.39 is 5.54 Å². The van der Waals surface area contributed by atoms with Gasteiger partial charge < -0.3 is 10.3 Å². The molecule has 2 aromatic heterocycles. The van der Waals surface area contributed by atoms with Gasteiger partial charge >= 0.3 is 0 Å². The number of nitriles is 1. The molecule has 0 aromatic carbocycles. The van der Waals surface area contributed by atoms with Gasteiger partial charge in [0.2, 0.25) is 0 Å². The second-order valence-corrected chi connectivity index (χ2v) is 5.86. The number of thiophene rings is 1. The minimum absolute atomic E-state index is 0.703. The molecule has 0 amide bonds. The van der Waals surface area contributed by atoms with Crippen LogP contribution in [0.3, 0.4) is 0 Å². The average molecular weight is 274 g/mol. The molecule has 2 aromatic rings. The van der Waals surface area contributed by atoms with Gasteiger partial charge in [0, 0.05) is 18.9 Å². The molecule has 0 saturated carbocycles. The van der Waals surface area contributed by atoms with Gasteiger partial charge in [0.1, 0.15) is 11.4 Å². The minimum atomic E-state index is -0.703. The van der Waals surface area contributed by atoms with Crippen molar-refractivity contribution in [3.05, 3.63) is 29.9 Å². The first kappa shape index (κ1) is 13.8. The van der Waals surface area contributed by atoms with Crippen LogP contribution < -0.4 is 5.73 Å². The van der Waals surface area contributed by atoms with Crippen molar-refractivity contribution in [1.82, 2.24) is 9.55 Å². The van der Waals surface area contributed by atoms with Crippen LogP contribution in [0.25, 0.3) is 10.7 Å². The molecule has 2 heterocycles. The third-order valence-electron chi connectivity index (χ3n) is 3.06. The van der Waals surface area contributed by atoms with E-state index in [9.17, 15) is 0 Å². The van der Waals surface area contributed by atoms with Crippen molar-refractivity contribution in [2.45, 2.75) is 38.3 Å². The van der Waals surface area contributed by atoms with Crippen molar-refractivity contribution in [3.8, 4) is 16.8 Å². The largest absolute Gasteiger partial charge is 0.330 e. The number of imidazole rings is 1. The van der Waals surface area contributed by atoms with Crippen LogP contribution in [0.5, 0.6) is 0 Å². The van der Waals surface area contributed by atoms with E-state index in [1.807, 2.05) is 18.5 Å².